The Labute approximate surface area is 174 Å². The molecule has 1 aliphatic heterocycles. The molecule has 0 amide bonds. The molecule has 31 heavy (non-hydrogen) atoms. The van der Waals surface area contributed by atoms with Gasteiger partial charge in [-0.1, -0.05) is 12.1 Å². The lowest BCUT2D eigenvalue weighted by molar-refractivity contribution is -0.275. The fourth-order valence-corrected chi connectivity index (χ4v) is 3.50. The molecule has 0 unspecified atom stereocenters. The van der Waals surface area contributed by atoms with Crippen molar-refractivity contribution in [1.82, 2.24) is 10.2 Å². The Kier molecular flexibility index (Phi) is 6.85. The van der Waals surface area contributed by atoms with Crippen LogP contribution in [-0.4, -0.2) is 50.9 Å². The lowest BCUT2D eigenvalue weighted by Crippen LogP contribution is -2.45. The Morgan fingerprint density at radius 3 is 1.94 bits per heavy atom. The number of rotatable bonds is 6. The summed E-state index contributed by atoms with van der Waals surface area (Å²) in [7, 11) is 1.39. The van der Waals surface area contributed by atoms with Gasteiger partial charge in [0.15, 0.2) is 0 Å². The Morgan fingerprint density at radius 1 is 0.839 bits per heavy atom. The third-order valence-electron chi connectivity index (χ3n) is 4.68. The minimum absolute atomic E-state index is 0.327. The molecule has 1 saturated heterocycles. The van der Waals surface area contributed by atoms with Gasteiger partial charge in [0, 0.05) is 31.7 Å². The van der Waals surface area contributed by atoms with Crippen molar-refractivity contribution in [1.29, 1.82) is 0 Å². The number of piperazine rings is 1. The average molecular weight is 450 g/mol. The lowest BCUT2D eigenvalue weighted by Gasteiger charge is -2.36. The first-order chi connectivity index (χ1) is 14.6. The van der Waals surface area contributed by atoms with Crippen molar-refractivity contribution in [3.05, 3.63) is 53.6 Å². The van der Waals surface area contributed by atoms with Crippen LogP contribution >= 0.6 is 0 Å². The largest absolute Gasteiger partial charge is 0.573 e. The van der Waals surface area contributed by atoms with Crippen LogP contribution < -0.4 is 19.5 Å². The molecule has 0 radical (unpaired) electrons. The molecule has 2 aromatic carbocycles. The summed E-state index contributed by atoms with van der Waals surface area (Å²) < 4.78 is 89.0. The third-order valence-corrected chi connectivity index (χ3v) is 4.68. The molecule has 11 heteroatoms. The third kappa shape index (κ3) is 6.41. The van der Waals surface area contributed by atoms with Crippen LogP contribution in [0.3, 0.4) is 0 Å². The summed E-state index contributed by atoms with van der Waals surface area (Å²) >= 11 is 0. The van der Waals surface area contributed by atoms with Gasteiger partial charge in [-0.3, -0.25) is 4.90 Å². The van der Waals surface area contributed by atoms with Gasteiger partial charge in [0.2, 0.25) is 0 Å². The molecule has 1 heterocycles. The quantitative estimate of drug-likeness (QED) is 0.658. The van der Waals surface area contributed by atoms with E-state index in [0.29, 0.717) is 43.1 Å². The highest BCUT2D eigenvalue weighted by Crippen LogP contribution is 2.39. The highest BCUT2D eigenvalue weighted by atomic mass is 19.4. The first kappa shape index (κ1) is 23.0. The number of nitrogens with one attached hydrogen (secondary N) is 1. The summed E-state index contributed by atoms with van der Waals surface area (Å²) in [6.45, 7) is 2.43. The molecule has 0 spiro atoms. The van der Waals surface area contributed by atoms with E-state index in [9.17, 15) is 26.3 Å². The zero-order valence-corrected chi connectivity index (χ0v) is 16.4. The normalized spacial score (nSPS) is 16.6. The standard InChI is InChI=1S/C20H20F6N2O3/c1-29-17-7-6-15(31-20(24,25)26)12-16(17)18(28-10-8-27-9-11-28)13-2-4-14(5-3-13)30-19(21,22)23/h2-7,12,18,27H,8-11H2,1H3/t18-/m1/s1. The highest BCUT2D eigenvalue weighted by Gasteiger charge is 2.33. The van der Waals surface area contributed by atoms with E-state index in [-0.39, 0.29) is 0 Å². The Hall–Kier alpha value is -2.66. The van der Waals surface area contributed by atoms with Crippen molar-refractivity contribution in [3.63, 3.8) is 0 Å². The monoisotopic (exact) mass is 450 g/mol. The summed E-state index contributed by atoms with van der Waals surface area (Å²) in [6, 6.07) is 8.40. The number of nitrogens with zero attached hydrogens (tertiary/aromatic N) is 1. The molecule has 1 N–H and O–H groups in total. The van der Waals surface area contributed by atoms with Crippen LogP contribution in [0.2, 0.25) is 0 Å². The summed E-state index contributed by atoms with van der Waals surface area (Å²) in [5, 5.41) is 3.19. The number of hydrogen-bond donors (Lipinski definition) is 1. The van der Waals surface area contributed by atoms with Gasteiger partial charge >= 0.3 is 12.7 Å². The first-order valence-corrected chi connectivity index (χ1v) is 9.30. The van der Waals surface area contributed by atoms with Crippen LogP contribution in [0.25, 0.3) is 0 Å². The maximum Gasteiger partial charge on any atom is 0.573 e. The molecule has 0 aliphatic carbocycles. The Bertz CT molecular complexity index is 865. The van der Waals surface area contributed by atoms with E-state index in [1.165, 1.54) is 43.5 Å². The fourth-order valence-electron chi connectivity index (χ4n) is 3.50. The van der Waals surface area contributed by atoms with Crippen molar-refractivity contribution in [2.45, 2.75) is 18.8 Å². The van der Waals surface area contributed by atoms with Gasteiger partial charge in [-0.05, 0) is 35.9 Å². The summed E-state index contributed by atoms with van der Waals surface area (Å²) in [5.74, 6) is -0.481. The van der Waals surface area contributed by atoms with E-state index in [0.717, 1.165) is 6.07 Å². The predicted octanol–water partition coefficient (Wildman–Crippen LogP) is 4.49. The topological polar surface area (TPSA) is 43.0 Å². The van der Waals surface area contributed by atoms with Crippen molar-refractivity contribution >= 4 is 0 Å². The van der Waals surface area contributed by atoms with Gasteiger partial charge < -0.3 is 19.5 Å². The van der Waals surface area contributed by atoms with Gasteiger partial charge in [-0.25, -0.2) is 0 Å². The number of benzene rings is 2. The second kappa shape index (κ2) is 9.23. The summed E-state index contributed by atoms with van der Waals surface area (Å²) in [5.41, 5.74) is 0.967. The minimum atomic E-state index is -4.87. The number of methoxy groups -OCH3 is 1. The summed E-state index contributed by atoms with van der Waals surface area (Å²) in [4.78, 5) is 2.01. The van der Waals surface area contributed by atoms with E-state index in [1.54, 1.807) is 0 Å². The number of alkyl halides is 6. The predicted molar refractivity (Wildman–Crippen MR) is 99.1 cm³/mol. The number of hydrogen-bond acceptors (Lipinski definition) is 5. The van der Waals surface area contributed by atoms with Crippen LogP contribution in [0.4, 0.5) is 26.3 Å². The van der Waals surface area contributed by atoms with Gasteiger partial charge in [-0.2, -0.15) is 0 Å². The number of halogens is 6. The van der Waals surface area contributed by atoms with E-state index in [4.69, 9.17) is 4.74 Å². The Morgan fingerprint density at radius 2 is 1.39 bits per heavy atom. The molecule has 2 aromatic rings. The van der Waals surface area contributed by atoms with Gasteiger partial charge in [0.25, 0.3) is 0 Å². The molecular formula is C20H20F6N2O3. The molecule has 3 rings (SSSR count). The molecule has 1 atom stereocenters. The van der Waals surface area contributed by atoms with Crippen LogP contribution in [0.1, 0.15) is 17.2 Å². The first-order valence-electron chi connectivity index (χ1n) is 9.30. The van der Waals surface area contributed by atoms with Crippen molar-refractivity contribution in [3.8, 4) is 17.2 Å². The van der Waals surface area contributed by atoms with Crippen LogP contribution in [0.5, 0.6) is 17.2 Å². The zero-order valence-electron chi connectivity index (χ0n) is 16.4. The lowest BCUT2D eigenvalue weighted by atomic mass is 9.95. The smallest absolute Gasteiger partial charge is 0.496 e. The van der Waals surface area contributed by atoms with Gasteiger partial charge in [0.05, 0.1) is 13.2 Å². The molecule has 5 nitrogen and oxygen atoms in total. The average Bonchev–Trinajstić information content (AvgIpc) is 2.68. The maximum absolute atomic E-state index is 12.7. The molecule has 0 saturated carbocycles. The molecular weight excluding hydrogens is 430 g/mol. The Balaban J connectivity index is 2.02. The van der Waals surface area contributed by atoms with E-state index < -0.39 is 30.3 Å². The van der Waals surface area contributed by atoms with Gasteiger partial charge in [-0.15, -0.1) is 26.3 Å². The molecule has 1 fully saturated rings. The maximum atomic E-state index is 12.7. The summed E-state index contributed by atoms with van der Waals surface area (Å²) in [6.07, 6.45) is -9.70. The molecule has 0 aromatic heterocycles. The van der Waals surface area contributed by atoms with Gasteiger partial charge in [0.1, 0.15) is 17.2 Å². The SMILES string of the molecule is COc1ccc(OC(F)(F)F)cc1[C@@H](c1ccc(OC(F)(F)F)cc1)N1CCNCC1. The van der Waals surface area contributed by atoms with Crippen molar-refractivity contribution in [2.75, 3.05) is 33.3 Å². The molecule has 1 aliphatic rings. The minimum Gasteiger partial charge on any atom is -0.496 e. The second-order valence-electron chi connectivity index (χ2n) is 6.76. The van der Waals surface area contributed by atoms with Crippen molar-refractivity contribution < 1.29 is 40.6 Å². The van der Waals surface area contributed by atoms with Crippen LogP contribution in [0, 0.1) is 0 Å². The van der Waals surface area contributed by atoms with Crippen molar-refractivity contribution in [2.24, 2.45) is 0 Å². The molecule has 0 bridgehead atoms. The van der Waals surface area contributed by atoms with Crippen LogP contribution in [0.15, 0.2) is 42.5 Å². The number of ether oxygens (including phenoxy) is 3. The highest BCUT2D eigenvalue weighted by molar-refractivity contribution is 5.47. The second-order valence-corrected chi connectivity index (χ2v) is 6.76. The zero-order chi connectivity index (χ0) is 22.6. The van der Waals surface area contributed by atoms with E-state index in [2.05, 4.69) is 14.8 Å². The molecule has 170 valence electrons. The van der Waals surface area contributed by atoms with E-state index >= 15 is 0 Å². The van der Waals surface area contributed by atoms with Crippen LogP contribution in [-0.2, 0) is 0 Å². The van der Waals surface area contributed by atoms with E-state index in [1.807, 2.05) is 4.90 Å². The fraction of sp³-hybridized carbons (Fsp3) is 0.400.